The molecule has 3 aromatic carbocycles. The van der Waals surface area contributed by atoms with Crippen LogP contribution in [0.5, 0.6) is 0 Å². The van der Waals surface area contributed by atoms with E-state index in [1.54, 1.807) is 49.4 Å². The minimum atomic E-state index is -0.433. The molecule has 146 valence electrons. The Hall–Kier alpha value is -3.15. The van der Waals surface area contributed by atoms with Crippen LogP contribution in [0.1, 0.15) is 33.2 Å². The molecule has 0 unspecified atom stereocenters. The van der Waals surface area contributed by atoms with Gasteiger partial charge in [0.05, 0.1) is 16.3 Å². The summed E-state index contributed by atoms with van der Waals surface area (Å²) < 4.78 is 0. The third-order valence-electron chi connectivity index (χ3n) is 4.10. The molecule has 0 aliphatic carbocycles. The number of nitrogens with zero attached hydrogens (tertiary/aromatic N) is 1. The van der Waals surface area contributed by atoms with Gasteiger partial charge in [-0.3, -0.25) is 9.59 Å². The third kappa shape index (κ3) is 5.44. The van der Waals surface area contributed by atoms with E-state index in [9.17, 15) is 9.59 Å². The topological polar surface area (TPSA) is 70.6 Å². The average molecular weight is 426 g/mol. The fraction of sp³-hybridized carbons (Fsp3) is 0.0455. The largest absolute Gasteiger partial charge is 0.322 e. The molecule has 3 aromatic rings. The Morgan fingerprint density at radius 1 is 0.828 bits per heavy atom. The molecule has 0 heterocycles. The number of benzene rings is 3. The standard InChI is InChI=1S/C22H17Cl2N3O2/c1-14(26-27-22(29)19-12-9-17(23)13-20(19)24)15-7-10-18(11-8-15)25-21(28)16-5-3-2-4-6-16/h2-13H,1H3,(H,25,28)(H,27,29)/b26-14-. The van der Waals surface area contributed by atoms with E-state index in [0.717, 1.165) is 5.56 Å². The van der Waals surface area contributed by atoms with Gasteiger partial charge in [-0.1, -0.05) is 53.5 Å². The van der Waals surface area contributed by atoms with Gasteiger partial charge >= 0.3 is 0 Å². The second kappa shape index (κ2) is 9.37. The summed E-state index contributed by atoms with van der Waals surface area (Å²) >= 11 is 11.9. The molecular weight excluding hydrogens is 409 g/mol. The van der Waals surface area contributed by atoms with Gasteiger partial charge in [0.25, 0.3) is 11.8 Å². The maximum atomic E-state index is 12.2. The van der Waals surface area contributed by atoms with E-state index in [-0.39, 0.29) is 16.5 Å². The predicted octanol–water partition coefficient (Wildman–Crippen LogP) is 5.40. The number of carbonyl (C=O) groups excluding carboxylic acids is 2. The number of nitrogens with one attached hydrogen (secondary N) is 2. The Kier molecular flexibility index (Phi) is 6.65. The van der Waals surface area contributed by atoms with E-state index >= 15 is 0 Å². The lowest BCUT2D eigenvalue weighted by Crippen LogP contribution is -2.19. The number of halogens is 2. The smallest absolute Gasteiger partial charge is 0.272 e. The van der Waals surface area contributed by atoms with Crippen molar-refractivity contribution in [3.05, 3.63) is 99.5 Å². The highest BCUT2D eigenvalue weighted by Gasteiger charge is 2.10. The Labute approximate surface area is 178 Å². The molecule has 0 bridgehead atoms. The van der Waals surface area contributed by atoms with Crippen molar-refractivity contribution in [1.29, 1.82) is 0 Å². The summed E-state index contributed by atoms with van der Waals surface area (Å²) in [6, 6.07) is 20.7. The first-order valence-electron chi connectivity index (χ1n) is 8.70. The molecule has 0 atom stereocenters. The molecule has 2 N–H and O–H groups in total. The normalized spacial score (nSPS) is 11.1. The van der Waals surface area contributed by atoms with Gasteiger partial charge in [0.15, 0.2) is 0 Å². The first-order valence-corrected chi connectivity index (χ1v) is 9.46. The van der Waals surface area contributed by atoms with Crippen LogP contribution in [0.2, 0.25) is 10.0 Å². The first kappa shape index (κ1) is 20.6. The van der Waals surface area contributed by atoms with Crippen LogP contribution in [0.3, 0.4) is 0 Å². The lowest BCUT2D eigenvalue weighted by Gasteiger charge is -2.07. The van der Waals surface area contributed by atoms with E-state index in [1.165, 1.54) is 12.1 Å². The maximum Gasteiger partial charge on any atom is 0.272 e. The van der Waals surface area contributed by atoms with Crippen LogP contribution in [0, 0.1) is 0 Å². The van der Waals surface area contributed by atoms with Crippen molar-refractivity contribution >= 4 is 46.4 Å². The first-order chi connectivity index (χ1) is 13.9. The number of rotatable bonds is 5. The molecule has 0 aromatic heterocycles. The zero-order valence-electron chi connectivity index (χ0n) is 15.4. The minimum absolute atomic E-state index is 0.184. The van der Waals surface area contributed by atoms with Gasteiger partial charge in [-0.25, -0.2) is 5.43 Å². The van der Waals surface area contributed by atoms with Gasteiger partial charge in [0.2, 0.25) is 0 Å². The zero-order chi connectivity index (χ0) is 20.8. The second-order valence-corrected chi connectivity index (χ2v) is 7.00. The predicted molar refractivity (Wildman–Crippen MR) is 117 cm³/mol. The monoisotopic (exact) mass is 425 g/mol. The van der Waals surface area contributed by atoms with Crippen LogP contribution in [-0.2, 0) is 0 Å². The van der Waals surface area contributed by atoms with E-state index in [0.29, 0.717) is 22.0 Å². The molecule has 0 radical (unpaired) electrons. The summed E-state index contributed by atoms with van der Waals surface area (Å²) in [7, 11) is 0. The van der Waals surface area contributed by atoms with Crippen LogP contribution in [-0.4, -0.2) is 17.5 Å². The summed E-state index contributed by atoms with van der Waals surface area (Å²) in [5, 5.41) is 7.64. The number of anilines is 1. The Morgan fingerprint density at radius 3 is 2.17 bits per heavy atom. The Bertz CT molecular complexity index is 1070. The summed E-state index contributed by atoms with van der Waals surface area (Å²) in [6.07, 6.45) is 0. The van der Waals surface area contributed by atoms with Crippen molar-refractivity contribution in [2.24, 2.45) is 5.10 Å². The molecule has 2 amide bonds. The quantitative estimate of drug-likeness (QED) is 0.424. The van der Waals surface area contributed by atoms with Gasteiger partial charge in [0.1, 0.15) is 0 Å². The zero-order valence-corrected chi connectivity index (χ0v) is 17.0. The summed E-state index contributed by atoms with van der Waals surface area (Å²) in [6.45, 7) is 1.77. The molecular formula is C22H17Cl2N3O2. The van der Waals surface area contributed by atoms with E-state index in [1.807, 2.05) is 18.2 Å². The van der Waals surface area contributed by atoms with Crippen molar-refractivity contribution in [1.82, 2.24) is 5.43 Å². The van der Waals surface area contributed by atoms with Gasteiger partial charge < -0.3 is 5.32 Å². The number of amides is 2. The molecule has 29 heavy (non-hydrogen) atoms. The number of carbonyl (C=O) groups is 2. The fourth-order valence-corrected chi connectivity index (χ4v) is 3.01. The van der Waals surface area contributed by atoms with Gasteiger partial charge in [-0.2, -0.15) is 5.10 Å². The highest BCUT2D eigenvalue weighted by atomic mass is 35.5. The third-order valence-corrected chi connectivity index (χ3v) is 4.65. The Morgan fingerprint density at radius 2 is 1.52 bits per heavy atom. The Balaban J connectivity index is 1.64. The highest BCUT2D eigenvalue weighted by molar-refractivity contribution is 6.36. The van der Waals surface area contributed by atoms with E-state index in [2.05, 4.69) is 15.8 Å². The number of hydrogen-bond acceptors (Lipinski definition) is 3. The van der Waals surface area contributed by atoms with Crippen molar-refractivity contribution < 1.29 is 9.59 Å². The second-order valence-electron chi connectivity index (χ2n) is 6.16. The van der Waals surface area contributed by atoms with Crippen LogP contribution >= 0.6 is 23.2 Å². The molecule has 3 rings (SSSR count). The summed E-state index contributed by atoms with van der Waals surface area (Å²) in [5.74, 6) is -0.617. The van der Waals surface area contributed by atoms with Crippen LogP contribution < -0.4 is 10.7 Å². The van der Waals surface area contributed by atoms with Crippen molar-refractivity contribution in [2.75, 3.05) is 5.32 Å². The van der Waals surface area contributed by atoms with Crippen molar-refractivity contribution in [3.8, 4) is 0 Å². The molecule has 0 saturated heterocycles. The van der Waals surface area contributed by atoms with Gasteiger partial charge in [-0.15, -0.1) is 0 Å². The van der Waals surface area contributed by atoms with Crippen molar-refractivity contribution in [3.63, 3.8) is 0 Å². The molecule has 0 saturated carbocycles. The van der Waals surface area contributed by atoms with Gasteiger partial charge in [0, 0.05) is 16.3 Å². The molecule has 5 nitrogen and oxygen atoms in total. The molecule has 0 fully saturated rings. The van der Waals surface area contributed by atoms with Crippen LogP contribution in [0.15, 0.2) is 77.9 Å². The molecule has 0 aliphatic heterocycles. The SMILES string of the molecule is C/C(=N/NC(=O)c1ccc(Cl)cc1Cl)c1ccc(NC(=O)c2ccccc2)cc1. The molecule has 0 spiro atoms. The highest BCUT2D eigenvalue weighted by Crippen LogP contribution is 2.20. The fourth-order valence-electron chi connectivity index (χ4n) is 2.52. The number of hydrogen-bond donors (Lipinski definition) is 2. The number of hydrazone groups is 1. The minimum Gasteiger partial charge on any atom is -0.322 e. The summed E-state index contributed by atoms with van der Waals surface area (Å²) in [5.41, 5.74) is 5.40. The maximum absolute atomic E-state index is 12.2. The summed E-state index contributed by atoms with van der Waals surface area (Å²) in [4.78, 5) is 24.4. The van der Waals surface area contributed by atoms with Crippen LogP contribution in [0.25, 0.3) is 0 Å². The van der Waals surface area contributed by atoms with E-state index in [4.69, 9.17) is 23.2 Å². The van der Waals surface area contributed by atoms with Gasteiger partial charge in [-0.05, 0) is 55.0 Å². The lowest BCUT2D eigenvalue weighted by atomic mass is 10.1. The van der Waals surface area contributed by atoms with Crippen LogP contribution in [0.4, 0.5) is 5.69 Å². The lowest BCUT2D eigenvalue weighted by molar-refractivity contribution is 0.0954. The van der Waals surface area contributed by atoms with Crippen molar-refractivity contribution in [2.45, 2.75) is 6.92 Å². The average Bonchev–Trinajstić information content (AvgIpc) is 2.73. The molecule has 0 aliphatic rings. The van der Waals surface area contributed by atoms with E-state index < -0.39 is 5.91 Å². The molecule has 7 heteroatoms.